The first kappa shape index (κ1) is 22.4. The molecule has 164 valence electrons. The summed E-state index contributed by atoms with van der Waals surface area (Å²) in [7, 11) is -3.94. The smallest absolute Gasteiger partial charge is 0.238 e. The lowest BCUT2D eigenvalue weighted by Crippen LogP contribution is -2.37. The van der Waals surface area contributed by atoms with Crippen LogP contribution in [0, 0.1) is 0 Å². The van der Waals surface area contributed by atoms with Gasteiger partial charge in [-0.05, 0) is 48.6 Å². The minimum absolute atomic E-state index is 0.0543. The number of rotatable bonds is 7. The van der Waals surface area contributed by atoms with E-state index in [4.69, 9.17) is 16.0 Å². The predicted octanol–water partition coefficient (Wildman–Crippen LogP) is 5.43. The molecule has 1 saturated carbocycles. The molecule has 0 unspecified atom stereocenters. The molecule has 1 fully saturated rings. The van der Waals surface area contributed by atoms with Crippen LogP contribution in [-0.2, 0) is 14.6 Å². The Morgan fingerprint density at radius 2 is 1.94 bits per heavy atom. The summed E-state index contributed by atoms with van der Waals surface area (Å²) >= 11 is 8.34. The molecule has 3 aromatic rings. The van der Waals surface area contributed by atoms with Crippen molar-refractivity contribution in [1.29, 1.82) is 0 Å². The van der Waals surface area contributed by atoms with Crippen molar-refractivity contribution in [3.05, 3.63) is 46.8 Å². The van der Waals surface area contributed by atoms with Crippen molar-refractivity contribution in [3.63, 3.8) is 0 Å². The first-order valence-corrected chi connectivity index (χ1v) is 13.6. The lowest BCUT2D eigenvalue weighted by Gasteiger charge is -2.22. The number of thioether (sulfide) groups is 1. The molecule has 0 bridgehead atoms. The highest BCUT2D eigenvalue weighted by molar-refractivity contribution is 8.00. The van der Waals surface area contributed by atoms with E-state index in [9.17, 15) is 13.2 Å². The number of benzene rings is 1. The third kappa shape index (κ3) is 5.34. The van der Waals surface area contributed by atoms with Crippen LogP contribution in [0.15, 0.2) is 61.2 Å². The number of amides is 1. The first-order chi connectivity index (χ1) is 14.9. The Bertz CT molecular complexity index is 1140. The predicted molar refractivity (Wildman–Crippen MR) is 122 cm³/mol. The molecule has 0 saturated heterocycles. The maximum atomic E-state index is 13.2. The molecule has 0 aliphatic heterocycles. The average Bonchev–Trinajstić information content (AvgIpc) is 3.43. The van der Waals surface area contributed by atoms with Crippen molar-refractivity contribution < 1.29 is 17.6 Å². The Morgan fingerprint density at radius 1 is 1.19 bits per heavy atom. The van der Waals surface area contributed by atoms with Crippen LogP contribution in [0.25, 0.3) is 10.8 Å². The van der Waals surface area contributed by atoms with Crippen LogP contribution in [0.3, 0.4) is 0 Å². The van der Waals surface area contributed by atoms with E-state index in [1.54, 1.807) is 6.07 Å². The molecule has 2 heterocycles. The highest BCUT2D eigenvalue weighted by Crippen LogP contribution is 2.36. The summed E-state index contributed by atoms with van der Waals surface area (Å²) in [5.41, 5.74) is 0. The lowest BCUT2D eigenvalue weighted by atomic mass is 9.95. The second-order valence-electron chi connectivity index (χ2n) is 7.24. The summed E-state index contributed by atoms with van der Waals surface area (Å²) in [4.78, 5) is 17.5. The standard InChI is InChI=1S/C21H21ClN2O4S3/c22-14-8-10-16(11-9-14)31(26,27)20-21(28-19(24-20)17-7-4-12-29-17)30-13-18(25)23-15-5-2-1-3-6-15/h4,7-12,15H,1-3,5-6,13H2,(H,23,25). The van der Waals surface area contributed by atoms with Crippen LogP contribution in [0.2, 0.25) is 5.02 Å². The summed E-state index contributed by atoms with van der Waals surface area (Å²) < 4.78 is 32.3. The number of hydrogen-bond donors (Lipinski definition) is 1. The summed E-state index contributed by atoms with van der Waals surface area (Å²) in [5, 5.41) is 5.25. The van der Waals surface area contributed by atoms with E-state index in [1.165, 1.54) is 42.0 Å². The Morgan fingerprint density at radius 3 is 2.61 bits per heavy atom. The lowest BCUT2D eigenvalue weighted by molar-refractivity contribution is -0.119. The van der Waals surface area contributed by atoms with Crippen LogP contribution < -0.4 is 5.32 Å². The number of carbonyl (C=O) groups excluding carboxylic acids is 1. The summed E-state index contributed by atoms with van der Waals surface area (Å²) in [6.07, 6.45) is 5.41. The molecule has 1 N–H and O–H groups in total. The molecular formula is C21H21ClN2O4S3. The van der Waals surface area contributed by atoms with Gasteiger partial charge in [0.1, 0.15) is 0 Å². The maximum absolute atomic E-state index is 13.2. The number of nitrogens with one attached hydrogen (secondary N) is 1. The number of sulfone groups is 1. The van der Waals surface area contributed by atoms with Crippen molar-refractivity contribution >= 4 is 50.4 Å². The van der Waals surface area contributed by atoms with Gasteiger partial charge in [0.25, 0.3) is 0 Å². The summed E-state index contributed by atoms with van der Waals surface area (Å²) in [6.45, 7) is 0. The molecule has 1 aliphatic rings. The fraction of sp³-hybridized carbons (Fsp3) is 0.333. The Balaban J connectivity index is 1.58. The van der Waals surface area contributed by atoms with Gasteiger partial charge in [-0.25, -0.2) is 8.42 Å². The van der Waals surface area contributed by atoms with Gasteiger partial charge in [0.05, 0.1) is 15.5 Å². The van der Waals surface area contributed by atoms with E-state index in [0.717, 1.165) is 37.4 Å². The van der Waals surface area contributed by atoms with E-state index >= 15 is 0 Å². The van der Waals surface area contributed by atoms with Crippen LogP contribution in [0.5, 0.6) is 0 Å². The first-order valence-electron chi connectivity index (χ1n) is 9.91. The van der Waals surface area contributed by atoms with Crippen LogP contribution >= 0.6 is 34.7 Å². The van der Waals surface area contributed by atoms with E-state index in [0.29, 0.717) is 9.90 Å². The van der Waals surface area contributed by atoms with E-state index in [-0.39, 0.29) is 38.6 Å². The number of oxazole rings is 1. The largest absolute Gasteiger partial charge is 0.428 e. The van der Waals surface area contributed by atoms with Gasteiger partial charge in [0.2, 0.25) is 31.8 Å². The number of nitrogens with zero attached hydrogens (tertiary/aromatic N) is 1. The Hall–Kier alpha value is -1.81. The second-order valence-corrected chi connectivity index (χ2v) is 11.4. The van der Waals surface area contributed by atoms with Crippen LogP contribution in [-0.4, -0.2) is 31.1 Å². The van der Waals surface area contributed by atoms with Gasteiger partial charge in [-0.3, -0.25) is 4.79 Å². The maximum Gasteiger partial charge on any atom is 0.238 e. The number of hydrogen-bond acceptors (Lipinski definition) is 7. The second kappa shape index (κ2) is 9.77. The fourth-order valence-corrected chi connectivity index (χ4v) is 6.55. The number of thiophene rings is 1. The van der Waals surface area contributed by atoms with Crippen molar-refractivity contribution in [2.75, 3.05) is 5.75 Å². The highest BCUT2D eigenvalue weighted by Gasteiger charge is 2.29. The summed E-state index contributed by atoms with van der Waals surface area (Å²) in [5.74, 6) is 0.136. The molecule has 2 aromatic heterocycles. The van der Waals surface area contributed by atoms with Crippen LogP contribution in [0.4, 0.5) is 0 Å². The number of aromatic nitrogens is 1. The molecule has 10 heteroatoms. The monoisotopic (exact) mass is 496 g/mol. The molecule has 1 aliphatic carbocycles. The normalized spacial score (nSPS) is 15.1. The third-order valence-corrected chi connectivity index (χ3v) is 8.85. The van der Waals surface area contributed by atoms with Gasteiger partial charge in [-0.1, -0.05) is 48.7 Å². The SMILES string of the molecule is O=C(CSc1oc(-c2cccs2)nc1S(=O)(=O)c1ccc(Cl)cc1)NC1CCCCC1. The molecule has 6 nitrogen and oxygen atoms in total. The topological polar surface area (TPSA) is 89.3 Å². The van der Waals surface area contributed by atoms with Gasteiger partial charge in [0, 0.05) is 11.1 Å². The van der Waals surface area contributed by atoms with Crippen molar-refractivity contribution in [1.82, 2.24) is 10.3 Å². The quantitative estimate of drug-likeness (QED) is 0.438. The van der Waals surface area contributed by atoms with Gasteiger partial charge < -0.3 is 9.73 Å². The molecule has 0 radical (unpaired) electrons. The molecule has 0 atom stereocenters. The molecule has 0 spiro atoms. The number of halogens is 1. The zero-order chi connectivity index (χ0) is 21.8. The molecule has 1 amide bonds. The molecular weight excluding hydrogens is 476 g/mol. The Kier molecular flexibility index (Phi) is 7.05. The molecule has 4 rings (SSSR count). The van der Waals surface area contributed by atoms with Crippen LogP contribution in [0.1, 0.15) is 32.1 Å². The molecule has 1 aromatic carbocycles. The van der Waals surface area contributed by atoms with Gasteiger partial charge in [-0.2, -0.15) is 4.98 Å². The van der Waals surface area contributed by atoms with E-state index < -0.39 is 9.84 Å². The fourth-order valence-electron chi connectivity index (χ4n) is 3.43. The minimum atomic E-state index is -3.94. The zero-order valence-corrected chi connectivity index (χ0v) is 19.7. The van der Waals surface area contributed by atoms with Gasteiger partial charge in [0.15, 0.2) is 0 Å². The van der Waals surface area contributed by atoms with E-state index in [1.807, 2.05) is 11.4 Å². The van der Waals surface area contributed by atoms with Crippen molar-refractivity contribution in [2.24, 2.45) is 0 Å². The zero-order valence-electron chi connectivity index (χ0n) is 16.5. The molecule has 31 heavy (non-hydrogen) atoms. The highest BCUT2D eigenvalue weighted by atomic mass is 35.5. The Labute approximate surface area is 194 Å². The van der Waals surface area contributed by atoms with Crippen molar-refractivity contribution in [2.45, 2.75) is 53.2 Å². The third-order valence-electron chi connectivity index (χ3n) is 4.98. The average molecular weight is 497 g/mol. The van der Waals surface area contributed by atoms with E-state index in [2.05, 4.69) is 10.3 Å². The van der Waals surface area contributed by atoms with Crippen molar-refractivity contribution in [3.8, 4) is 10.8 Å². The van der Waals surface area contributed by atoms with Gasteiger partial charge >= 0.3 is 0 Å². The minimum Gasteiger partial charge on any atom is -0.428 e. The summed E-state index contributed by atoms with van der Waals surface area (Å²) in [6, 6.07) is 9.72. The van der Waals surface area contributed by atoms with Gasteiger partial charge in [-0.15, -0.1) is 11.3 Å². The number of carbonyl (C=O) groups is 1.